The summed E-state index contributed by atoms with van der Waals surface area (Å²) in [4.78, 5) is 0. The van der Waals surface area contributed by atoms with E-state index in [-0.39, 0.29) is 0 Å². The van der Waals surface area contributed by atoms with E-state index in [1.54, 1.807) is 0 Å². The Morgan fingerprint density at radius 1 is 1.25 bits per heavy atom. The standard InChI is InChI=1S/C13H15ClN2/c1-3-11-6-4-5-7-13(11)16-10(2)12(8-14)9-15-16/h4-7,9H,3,8H2,1-2H3. The van der Waals surface area contributed by atoms with Gasteiger partial charge in [-0.05, 0) is 25.0 Å². The highest BCUT2D eigenvalue weighted by Gasteiger charge is 2.09. The highest BCUT2D eigenvalue weighted by Crippen LogP contribution is 2.19. The molecule has 0 fully saturated rings. The van der Waals surface area contributed by atoms with Crippen LogP contribution in [0.3, 0.4) is 0 Å². The fourth-order valence-electron chi connectivity index (χ4n) is 1.83. The van der Waals surface area contributed by atoms with E-state index < -0.39 is 0 Å². The third kappa shape index (κ3) is 1.85. The fourth-order valence-corrected chi connectivity index (χ4v) is 2.10. The zero-order valence-electron chi connectivity index (χ0n) is 9.57. The van der Waals surface area contributed by atoms with Crippen molar-refractivity contribution < 1.29 is 0 Å². The van der Waals surface area contributed by atoms with Crippen molar-refractivity contribution in [3.63, 3.8) is 0 Å². The van der Waals surface area contributed by atoms with Crippen molar-refractivity contribution in [1.29, 1.82) is 0 Å². The summed E-state index contributed by atoms with van der Waals surface area (Å²) in [5, 5.41) is 4.40. The van der Waals surface area contributed by atoms with Gasteiger partial charge >= 0.3 is 0 Å². The lowest BCUT2D eigenvalue weighted by Crippen LogP contribution is -2.02. The fraction of sp³-hybridized carbons (Fsp3) is 0.308. The lowest BCUT2D eigenvalue weighted by molar-refractivity contribution is 0.831. The summed E-state index contributed by atoms with van der Waals surface area (Å²) < 4.78 is 1.97. The van der Waals surface area contributed by atoms with E-state index in [1.807, 2.05) is 16.9 Å². The minimum Gasteiger partial charge on any atom is -0.238 e. The maximum atomic E-state index is 5.85. The SMILES string of the molecule is CCc1ccccc1-n1ncc(CCl)c1C. The summed E-state index contributed by atoms with van der Waals surface area (Å²) in [6, 6.07) is 8.33. The van der Waals surface area contributed by atoms with Crippen LogP contribution in [0.4, 0.5) is 0 Å². The van der Waals surface area contributed by atoms with Crippen molar-refractivity contribution in [3.05, 3.63) is 47.3 Å². The monoisotopic (exact) mass is 234 g/mol. The molecular formula is C13H15ClN2. The number of rotatable bonds is 3. The van der Waals surface area contributed by atoms with Gasteiger partial charge in [0.05, 0.1) is 17.8 Å². The second kappa shape index (κ2) is 4.71. The first-order chi connectivity index (χ1) is 7.77. The van der Waals surface area contributed by atoms with Crippen LogP contribution in [-0.2, 0) is 12.3 Å². The molecule has 0 bridgehead atoms. The van der Waals surface area contributed by atoms with Crippen LogP contribution in [0.5, 0.6) is 0 Å². The molecule has 0 unspecified atom stereocenters. The zero-order valence-corrected chi connectivity index (χ0v) is 10.3. The summed E-state index contributed by atoms with van der Waals surface area (Å²) in [5.41, 5.74) is 4.66. The number of hydrogen-bond donors (Lipinski definition) is 0. The van der Waals surface area contributed by atoms with Crippen LogP contribution in [0.15, 0.2) is 30.5 Å². The first-order valence-corrected chi connectivity index (χ1v) is 5.99. The average Bonchev–Trinajstić information content (AvgIpc) is 2.70. The molecule has 0 radical (unpaired) electrons. The first-order valence-electron chi connectivity index (χ1n) is 5.45. The molecule has 2 aromatic rings. The zero-order chi connectivity index (χ0) is 11.5. The molecule has 84 valence electrons. The second-order valence-corrected chi connectivity index (χ2v) is 4.05. The Bertz CT molecular complexity index is 488. The predicted octanol–water partition coefficient (Wildman–Crippen LogP) is 3.48. The van der Waals surface area contributed by atoms with Gasteiger partial charge in [-0.25, -0.2) is 4.68 Å². The Hall–Kier alpha value is -1.28. The molecule has 2 nitrogen and oxygen atoms in total. The van der Waals surface area contributed by atoms with E-state index in [4.69, 9.17) is 11.6 Å². The molecule has 0 atom stereocenters. The molecule has 0 saturated carbocycles. The van der Waals surface area contributed by atoms with Gasteiger partial charge < -0.3 is 0 Å². The highest BCUT2D eigenvalue weighted by atomic mass is 35.5. The molecular weight excluding hydrogens is 220 g/mol. The molecule has 0 N–H and O–H groups in total. The maximum Gasteiger partial charge on any atom is 0.0680 e. The largest absolute Gasteiger partial charge is 0.238 e. The highest BCUT2D eigenvalue weighted by molar-refractivity contribution is 6.17. The normalized spacial score (nSPS) is 10.7. The maximum absolute atomic E-state index is 5.85. The Balaban J connectivity index is 2.54. The molecule has 1 heterocycles. The van der Waals surface area contributed by atoms with E-state index in [1.165, 1.54) is 5.56 Å². The number of halogens is 1. The van der Waals surface area contributed by atoms with Gasteiger partial charge in [-0.15, -0.1) is 11.6 Å². The molecule has 2 rings (SSSR count). The second-order valence-electron chi connectivity index (χ2n) is 3.78. The van der Waals surface area contributed by atoms with Crippen molar-refractivity contribution in [2.75, 3.05) is 0 Å². The molecule has 0 aliphatic carbocycles. The summed E-state index contributed by atoms with van der Waals surface area (Å²) >= 11 is 5.85. The summed E-state index contributed by atoms with van der Waals surface area (Å²) in [6.07, 6.45) is 2.85. The van der Waals surface area contributed by atoms with E-state index >= 15 is 0 Å². The van der Waals surface area contributed by atoms with Gasteiger partial charge in [-0.1, -0.05) is 25.1 Å². The van der Waals surface area contributed by atoms with E-state index in [2.05, 4.69) is 37.1 Å². The van der Waals surface area contributed by atoms with Gasteiger partial charge in [0.25, 0.3) is 0 Å². The summed E-state index contributed by atoms with van der Waals surface area (Å²) in [5.74, 6) is 0.514. The lowest BCUT2D eigenvalue weighted by atomic mass is 10.1. The average molecular weight is 235 g/mol. The Labute approximate surface area is 101 Å². The van der Waals surface area contributed by atoms with Crippen LogP contribution >= 0.6 is 11.6 Å². The molecule has 0 aliphatic heterocycles. The number of aromatic nitrogens is 2. The van der Waals surface area contributed by atoms with Crippen LogP contribution in [0, 0.1) is 6.92 Å². The van der Waals surface area contributed by atoms with Crippen LogP contribution in [0.25, 0.3) is 5.69 Å². The summed E-state index contributed by atoms with van der Waals surface area (Å²) in [6.45, 7) is 4.21. The third-order valence-corrected chi connectivity index (χ3v) is 3.14. The van der Waals surface area contributed by atoms with Crippen molar-refractivity contribution >= 4 is 11.6 Å². The number of nitrogens with zero attached hydrogens (tertiary/aromatic N) is 2. The molecule has 0 spiro atoms. The van der Waals surface area contributed by atoms with Gasteiger partial charge in [0.1, 0.15) is 0 Å². The number of alkyl halides is 1. The van der Waals surface area contributed by atoms with Crippen molar-refractivity contribution in [3.8, 4) is 5.69 Å². The van der Waals surface area contributed by atoms with E-state index in [0.29, 0.717) is 5.88 Å². The predicted molar refractivity (Wildman–Crippen MR) is 67.2 cm³/mol. The van der Waals surface area contributed by atoms with Crippen LogP contribution in [0.1, 0.15) is 23.7 Å². The van der Waals surface area contributed by atoms with Crippen LogP contribution in [-0.4, -0.2) is 9.78 Å². The molecule has 1 aromatic carbocycles. The minimum absolute atomic E-state index is 0.514. The van der Waals surface area contributed by atoms with Crippen molar-refractivity contribution in [1.82, 2.24) is 9.78 Å². The minimum atomic E-state index is 0.514. The Morgan fingerprint density at radius 2 is 2.00 bits per heavy atom. The Kier molecular flexibility index (Phi) is 3.30. The van der Waals surface area contributed by atoms with Crippen LogP contribution in [0.2, 0.25) is 0 Å². The molecule has 1 aromatic heterocycles. The molecule has 16 heavy (non-hydrogen) atoms. The van der Waals surface area contributed by atoms with Gasteiger partial charge in [-0.3, -0.25) is 0 Å². The smallest absolute Gasteiger partial charge is 0.0680 e. The van der Waals surface area contributed by atoms with Gasteiger partial charge in [0.2, 0.25) is 0 Å². The Morgan fingerprint density at radius 3 is 2.62 bits per heavy atom. The van der Waals surface area contributed by atoms with Gasteiger partial charge in [0, 0.05) is 11.3 Å². The van der Waals surface area contributed by atoms with E-state index in [9.17, 15) is 0 Å². The number of aryl methyl sites for hydroxylation is 1. The molecule has 3 heteroatoms. The first kappa shape index (κ1) is 11.2. The molecule has 0 amide bonds. The van der Waals surface area contributed by atoms with Crippen LogP contribution < -0.4 is 0 Å². The number of para-hydroxylation sites is 1. The number of hydrogen-bond acceptors (Lipinski definition) is 1. The quantitative estimate of drug-likeness (QED) is 0.744. The number of benzene rings is 1. The lowest BCUT2D eigenvalue weighted by Gasteiger charge is -2.09. The van der Waals surface area contributed by atoms with Crippen molar-refractivity contribution in [2.24, 2.45) is 0 Å². The van der Waals surface area contributed by atoms with Crippen molar-refractivity contribution in [2.45, 2.75) is 26.1 Å². The third-order valence-electron chi connectivity index (χ3n) is 2.86. The molecule has 0 aliphatic rings. The molecule has 0 saturated heterocycles. The summed E-state index contributed by atoms with van der Waals surface area (Å²) in [7, 11) is 0. The van der Waals surface area contributed by atoms with Gasteiger partial charge in [0.15, 0.2) is 0 Å². The van der Waals surface area contributed by atoms with E-state index in [0.717, 1.165) is 23.4 Å². The topological polar surface area (TPSA) is 17.8 Å². The van der Waals surface area contributed by atoms with Gasteiger partial charge in [-0.2, -0.15) is 5.10 Å².